The maximum Gasteiger partial charge on any atom is -1.00 e. The smallest absolute Gasteiger partial charge is 1.00 e. The molecule has 9 heteroatoms. The van der Waals surface area contributed by atoms with Crippen molar-refractivity contribution in [3.05, 3.63) is 147 Å². The fraction of sp³-hybridized carbons (Fsp3) is 0.408. The molecule has 0 nitrogen and oxygen atoms in total. The second-order valence-corrected chi connectivity index (χ2v) is 25.8. The Kier molecular flexibility index (Phi) is 13.5. The minimum absolute atomic E-state index is 0. The fourth-order valence-electron chi connectivity index (χ4n) is 8.50. The van der Waals surface area contributed by atoms with E-state index < -0.39 is 44.7 Å². The van der Waals surface area contributed by atoms with Crippen molar-refractivity contribution in [1.29, 1.82) is 0 Å². The average Bonchev–Trinajstić information content (AvgIpc) is 3.72. The SMILES string of the molecule is CC(C)(C)c1cc2c(cc1C(C)(C)C)-c1cc(C(C)(C)C)c(C(C)(C)C)[c]([Zr+2](=[C](c3ccc(C(F)(F)F)cc3)c3ccc(C(F)(F)F)cc3)[CH]3C=CC=C3)c1C2.[Cl-].[Cl-]. The molecule has 0 spiro atoms. The van der Waals surface area contributed by atoms with Crippen LogP contribution in [-0.2, 0) is 61.7 Å². The van der Waals surface area contributed by atoms with Gasteiger partial charge in [0.15, 0.2) is 0 Å². The van der Waals surface area contributed by atoms with Crippen LogP contribution in [-0.4, -0.2) is 3.21 Å². The van der Waals surface area contributed by atoms with E-state index in [1.807, 2.05) is 12.2 Å². The van der Waals surface area contributed by atoms with Crippen LogP contribution in [0.15, 0.2) is 91.0 Å². The molecule has 0 aliphatic heterocycles. The number of rotatable bonds is 4. The average molecular weight is 919 g/mol. The van der Waals surface area contributed by atoms with Gasteiger partial charge in [0.25, 0.3) is 0 Å². The van der Waals surface area contributed by atoms with E-state index in [1.165, 1.54) is 72.0 Å². The first kappa shape index (κ1) is 47.9. The van der Waals surface area contributed by atoms with Crippen LogP contribution in [0.1, 0.15) is 139 Å². The normalized spacial score (nSPS) is 14.4. The molecule has 4 aromatic carbocycles. The summed E-state index contributed by atoms with van der Waals surface area (Å²) in [5.74, 6) is 0. The van der Waals surface area contributed by atoms with Gasteiger partial charge in [-0.15, -0.1) is 0 Å². The minimum atomic E-state index is -4.53. The summed E-state index contributed by atoms with van der Waals surface area (Å²) >= 11 is -3.57. The Morgan fingerprint density at radius 1 is 0.517 bits per heavy atom. The summed E-state index contributed by atoms with van der Waals surface area (Å²) in [7, 11) is 0. The van der Waals surface area contributed by atoms with Crippen molar-refractivity contribution in [2.24, 2.45) is 0 Å². The quantitative estimate of drug-likeness (QED) is 0.161. The van der Waals surface area contributed by atoms with E-state index >= 15 is 0 Å². The van der Waals surface area contributed by atoms with E-state index in [0.29, 0.717) is 17.5 Å². The zero-order valence-electron chi connectivity index (χ0n) is 35.5. The second kappa shape index (κ2) is 16.3. The van der Waals surface area contributed by atoms with Crippen molar-refractivity contribution in [3.63, 3.8) is 0 Å². The molecule has 0 atom stereocenters. The van der Waals surface area contributed by atoms with Crippen LogP contribution in [0, 0.1) is 0 Å². The predicted molar refractivity (Wildman–Crippen MR) is 217 cm³/mol. The number of hydrogen-bond donors (Lipinski definition) is 0. The number of benzene rings is 4. The van der Waals surface area contributed by atoms with Crippen molar-refractivity contribution in [2.75, 3.05) is 0 Å². The van der Waals surface area contributed by atoms with Crippen LogP contribution < -0.4 is 28.1 Å². The Balaban J connectivity index is 0.00000372. The van der Waals surface area contributed by atoms with Gasteiger partial charge < -0.3 is 24.8 Å². The zero-order valence-corrected chi connectivity index (χ0v) is 39.4. The van der Waals surface area contributed by atoms with E-state index in [1.54, 1.807) is 0 Å². The molecule has 2 aliphatic rings. The molecule has 2 aliphatic carbocycles. The Morgan fingerprint density at radius 3 is 1.29 bits per heavy atom. The molecule has 0 saturated heterocycles. The molecule has 0 unspecified atom stereocenters. The van der Waals surface area contributed by atoms with E-state index in [0.717, 1.165) is 27.5 Å². The molecule has 0 bridgehead atoms. The van der Waals surface area contributed by atoms with Gasteiger partial charge in [0.2, 0.25) is 0 Å². The molecule has 0 radical (unpaired) electrons. The molecule has 58 heavy (non-hydrogen) atoms. The van der Waals surface area contributed by atoms with Crippen LogP contribution in [0.3, 0.4) is 0 Å². The second-order valence-electron chi connectivity index (χ2n) is 19.7. The van der Waals surface area contributed by atoms with Crippen LogP contribution in [0.5, 0.6) is 0 Å². The summed E-state index contributed by atoms with van der Waals surface area (Å²) in [6.07, 6.45) is 0.108. The van der Waals surface area contributed by atoms with Crippen LogP contribution in [0.2, 0.25) is 3.63 Å². The first-order valence-corrected chi connectivity index (χ1v) is 23.3. The van der Waals surface area contributed by atoms with Crippen molar-refractivity contribution < 1.29 is 72.4 Å². The molecule has 0 heterocycles. The first-order chi connectivity index (χ1) is 25.6. The van der Waals surface area contributed by atoms with Gasteiger partial charge in [-0.05, 0) is 0 Å². The van der Waals surface area contributed by atoms with Crippen molar-refractivity contribution in [3.8, 4) is 11.1 Å². The Morgan fingerprint density at radius 2 is 0.914 bits per heavy atom. The third-order valence-electron chi connectivity index (χ3n) is 11.1. The van der Waals surface area contributed by atoms with Crippen LogP contribution in [0.4, 0.5) is 26.3 Å². The summed E-state index contributed by atoms with van der Waals surface area (Å²) in [6, 6.07) is 17.8. The summed E-state index contributed by atoms with van der Waals surface area (Å²) in [6.45, 7) is 27.0. The van der Waals surface area contributed by atoms with Gasteiger partial charge in [-0.1, -0.05) is 0 Å². The minimum Gasteiger partial charge on any atom is -1.00 e. The number of alkyl halides is 6. The van der Waals surface area contributed by atoms with E-state index in [-0.39, 0.29) is 50.1 Å². The summed E-state index contributed by atoms with van der Waals surface area (Å²) < 4.78 is 86.0. The maximum atomic E-state index is 14.0. The Bertz CT molecular complexity index is 2190. The van der Waals surface area contributed by atoms with Gasteiger partial charge in [-0.2, -0.15) is 0 Å². The fourth-order valence-corrected chi connectivity index (χ4v) is 17.9. The molecule has 0 amide bonds. The largest absolute Gasteiger partial charge is 1.00 e. The van der Waals surface area contributed by atoms with Crippen molar-refractivity contribution in [2.45, 2.75) is 127 Å². The number of hydrogen-bond acceptors (Lipinski definition) is 0. The van der Waals surface area contributed by atoms with Crippen LogP contribution in [0.25, 0.3) is 11.1 Å². The first-order valence-electron chi connectivity index (χ1n) is 19.4. The van der Waals surface area contributed by atoms with Gasteiger partial charge >= 0.3 is 339 Å². The number of halogens is 8. The van der Waals surface area contributed by atoms with E-state index in [2.05, 4.69) is 113 Å². The number of allylic oxidation sites excluding steroid dienone is 4. The third kappa shape index (κ3) is 9.43. The van der Waals surface area contributed by atoms with Gasteiger partial charge in [0.1, 0.15) is 0 Å². The Labute approximate surface area is 361 Å². The molecule has 0 aromatic heterocycles. The monoisotopic (exact) mass is 916 g/mol. The van der Waals surface area contributed by atoms with Gasteiger partial charge in [-0.25, -0.2) is 0 Å². The topological polar surface area (TPSA) is 0 Å². The predicted octanol–water partition coefficient (Wildman–Crippen LogP) is 7.92. The van der Waals surface area contributed by atoms with Gasteiger partial charge in [0, 0.05) is 0 Å². The Hall–Kier alpha value is -2.73. The molecule has 310 valence electrons. The van der Waals surface area contributed by atoms with Crippen molar-refractivity contribution >= 4 is 6.48 Å². The molecule has 6 rings (SSSR count). The summed E-state index contributed by atoms with van der Waals surface area (Å²) in [4.78, 5) is 0. The van der Waals surface area contributed by atoms with E-state index in [9.17, 15) is 26.3 Å². The molecule has 4 aromatic rings. The van der Waals surface area contributed by atoms with Gasteiger partial charge in [0.05, 0.1) is 0 Å². The molecule has 0 fully saturated rings. The summed E-state index contributed by atoms with van der Waals surface area (Å²) in [5, 5.41) is 0. The molecular weight excluding hydrogens is 865 g/mol. The number of fused-ring (bicyclic) bond motifs is 3. The standard InChI is InChI=1S/C29H41.C15H8F6.C5H5.2ClH.Zr/c1-26(2,3)22-14-18-13-19-15-23(27(4,5)6)25(29(10,11)12)17-21(19)20(18)16-24(22)28(7,8)9;16-14(17,18)12-5-1-10(2-6-12)9-11-3-7-13(8-4-11)15(19,20)21;1-2-4-5-3-1;;;/h14,16-17H,13H2,1-12H3;1-8H;1-5H;2*1H;/q;;;;;+2/p-2. The third-order valence-corrected chi connectivity index (χ3v) is 19.1. The van der Waals surface area contributed by atoms with E-state index in [4.69, 9.17) is 0 Å². The van der Waals surface area contributed by atoms with Gasteiger partial charge in [-0.3, -0.25) is 0 Å². The van der Waals surface area contributed by atoms with Crippen LogP contribution >= 0.6 is 0 Å². The molecule has 0 N–H and O–H groups in total. The van der Waals surface area contributed by atoms with Crippen molar-refractivity contribution in [1.82, 2.24) is 0 Å². The summed E-state index contributed by atoms with van der Waals surface area (Å²) in [5.41, 5.74) is 8.92. The maximum absolute atomic E-state index is 14.0. The zero-order chi connectivity index (χ0) is 41.6. The molecular formula is C49H54Cl2F6Zr. The molecule has 0 saturated carbocycles.